The van der Waals surface area contributed by atoms with E-state index < -0.39 is 28.5 Å². The summed E-state index contributed by atoms with van der Waals surface area (Å²) in [7, 11) is 0. The molecule has 8 heteroatoms. The molecule has 1 atom stereocenters. The van der Waals surface area contributed by atoms with E-state index in [1.54, 1.807) is 27.9 Å². The topological polar surface area (TPSA) is 54.8 Å². The molecule has 4 aliphatic rings. The Morgan fingerprint density at radius 3 is 2.51 bits per heavy atom. The molecule has 0 N–H and O–H groups in total. The van der Waals surface area contributed by atoms with Crippen molar-refractivity contribution in [2.24, 2.45) is 0 Å². The SMILES string of the molecule is O=C1c2c(OCc3ccccc3)c(=O)ccn2N2CN1Cc1cc(F)ccc1-c1cc3c(cc1F)CC1=Cc4ccccc4C132. The lowest BCUT2D eigenvalue weighted by atomic mass is 9.81. The number of hydrogen-bond donors (Lipinski definition) is 0. The summed E-state index contributed by atoms with van der Waals surface area (Å²) in [5, 5.41) is 2.08. The Hall–Kier alpha value is -5.50. The van der Waals surface area contributed by atoms with Gasteiger partial charge in [0.1, 0.15) is 30.4 Å². The maximum absolute atomic E-state index is 15.9. The molecule has 1 spiro atoms. The molecular weight excluding hydrogens is 572 g/mol. The number of carbonyl (C=O) groups excluding carboxylic acids is 1. The third kappa shape index (κ3) is 3.53. The monoisotopic (exact) mass is 597 g/mol. The van der Waals surface area contributed by atoms with Gasteiger partial charge in [0.25, 0.3) is 5.91 Å². The van der Waals surface area contributed by atoms with Gasteiger partial charge in [-0.15, -0.1) is 0 Å². The van der Waals surface area contributed by atoms with E-state index in [2.05, 4.69) is 23.2 Å². The largest absolute Gasteiger partial charge is 0.482 e. The van der Waals surface area contributed by atoms with E-state index in [1.807, 2.05) is 48.5 Å². The lowest BCUT2D eigenvalue weighted by Crippen LogP contribution is -2.62. The number of aromatic nitrogens is 1. The average molecular weight is 598 g/mol. The van der Waals surface area contributed by atoms with E-state index in [9.17, 15) is 14.0 Å². The van der Waals surface area contributed by atoms with Gasteiger partial charge in [-0.2, -0.15) is 0 Å². The van der Waals surface area contributed by atoms with Gasteiger partial charge < -0.3 is 9.64 Å². The Labute approximate surface area is 257 Å². The van der Waals surface area contributed by atoms with Crippen molar-refractivity contribution in [2.75, 3.05) is 11.7 Å². The quantitative estimate of drug-likeness (QED) is 0.251. The summed E-state index contributed by atoms with van der Waals surface area (Å²) < 4.78 is 38.5. The molecule has 9 rings (SSSR count). The molecule has 1 amide bonds. The number of ether oxygens (including phenoxy) is 1. The number of nitrogens with zero attached hydrogens (tertiary/aromatic N) is 3. The standard InChI is InChI=1S/C37H25F2N3O3/c38-27-10-11-28-25(16-27)19-40-21-42(41-13-12-33(43)35(34(41)36(40)44)45-20-22-6-2-1-3-7-22)37-26(14-23-8-4-5-9-30(23)37)15-24-17-32(39)29(28)18-31(24)37/h1-14,16-18H,15,19-21H2. The Morgan fingerprint density at radius 1 is 0.822 bits per heavy atom. The first kappa shape index (κ1) is 25.9. The molecule has 4 bridgehead atoms. The van der Waals surface area contributed by atoms with Crippen LogP contribution in [0.15, 0.2) is 108 Å². The molecule has 0 saturated heterocycles. The number of hydrogen-bond acceptors (Lipinski definition) is 4. The van der Waals surface area contributed by atoms with Crippen LogP contribution in [0, 0.1) is 11.6 Å². The molecule has 0 radical (unpaired) electrons. The summed E-state index contributed by atoms with van der Waals surface area (Å²) in [6.07, 6.45) is 4.28. The van der Waals surface area contributed by atoms with Gasteiger partial charge >= 0.3 is 0 Å². The lowest BCUT2D eigenvalue weighted by Gasteiger charge is -2.50. The zero-order valence-electron chi connectivity index (χ0n) is 24.0. The van der Waals surface area contributed by atoms with Gasteiger partial charge in [-0.1, -0.05) is 66.7 Å². The van der Waals surface area contributed by atoms with Crippen LogP contribution in [0.3, 0.4) is 0 Å². The van der Waals surface area contributed by atoms with E-state index in [4.69, 9.17) is 4.74 Å². The third-order valence-electron chi connectivity index (χ3n) is 9.53. The number of benzene rings is 4. The molecule has 2 aliphatic carbocycles. The van der Waals surface area contributed by atoms with Gasteiger partial charge in [-0.05, 0) is 75.2 Å². The van der Waals surface area contributed by atoms with Gasteiger partial charge in [0, 0.05) is 24.4 Å². The molecule has 0 saturated carbocycles. The summed E-state index contributed by atoms with van der Waals surface area (Å²) in [6, 6.07) is 26.7. The molecule has 5 aromatic rings. The van der Waals surface area contributed by atoms with Crippen molar-refractivity contribution in [1.82, 2.24) is 9.58 Å². The maximum atomic E-state index is 15.9. The molecule has 1 aromatic heterocycles. The van der Waals surface area contributed by atoms with E-state index >= 15 is 4.39 Å². The van der Waals surface area contributed by atoms with Crippen molar-refractivity contribution in [3.05, 3.63) is 164 Å². The van der Waals surface area contributed by atoms with Crippen LogP contribution in [0.5, 0.6) is 5.75 Å². The molecule has 4 aromatic carbocycles. The number of pyridine rings is 1. The highest BCUT2D eigenvalue weighted by molar-refractivity contribution is 5.97. The van der Waals surface area contributed by atoms with Crippen LogP contribution < -0.4 is 15.2 Å². The van der Waals surface area contributed by atoms with E-state index in [0.717, 1.165) is 33.4 Å². The Bertz CT molecular complexity index is 2190. The van der Waals surface area contributed by atoms with Gasteiger partial charge in [0.05, 0.1) is 0 Å². The average Bonchev–Trinajstić information content (AvgIpc) is 3.52. The molecule has 220 valence electrons. The van der Waals surface area contributed by atoms with E-state index in [1.165, 1.54) is 18.2 Å². The van der Waals surface area contributed by atoms with Crippen LogP contribution in [0.2, 0.25) is 0 Å². The first-order valence-electron chi connectivity index (χ1n) is 14.9. The summed E-state index contributed by atoms with van der Waals surface area (Å²) in [4.78, 5) is 29.5. The minimum atomic E-state index is -0.897. The third-order valence-corrected chi connectivity index (χ3v) is 9.53. The van der Waals surface area contributed by atoms with Gasteiger partial charge in [-0.25, -0.2) is 8.78 Å². The Balaban J connectivity index is 1.35. The molecule has 1 unspecified atom stereocenters. The highest BCUT2D eigenvalue weighted by Gasteiger charge is 2.56. The first-order valence-corrected chi connectivity index (χ1v) is 14.9. The second kappa shape index (κ2) is 9.25. The molecule has 6 nitrogen and oxygen atoms in total. The zero-order chi connectivity index (χ0) is 30.4. The smallest absolute Gasteiger partial charge is 0.278 e. The maximum Gasteiger partial charge on any atom is 0.278 e. The molecular formula is C37H25F2N3O3. The molecule has 3 heterocycles. The number of amides is 1. The number of rotatable bonds is 3. The van der Waals surface area contributed by atoms with Crippen molar-refractivity contribution >= 4 is 12.0 Å². The minimum Gasteiger partial charge on any atom is -0.482 e. The predicted octanol–water partition coefficient (Wildman–Crippen LogP) is 6.13. The van der Waals surface area contributed by atoms with Gasteiger partial charge in [0.15, 0.2) is 11.4 Å². The summed E-state index contributed by atoms with van der Waals surface area (Å²) in [5.74, 6) is -1.36. The Kier molecular flexibility index (Phi) is 5.33. The van der Waals surface area contributed by atoms with E-state index in [-0.39, 0.29) is 31.3 Å². The van der Waals surface area contributed by atoms with Crippen LogP contribution in [-0.4, -0.2) is 22.2 Å². The Morgan fingerprint density at radius 2 is 1.64 bits per heavy atom. The number of halogens is 2. The highest BCUT2D eigenvalue weighted by atomic mass is 19.1. The van der Waals surface area contributed by atoms with Crippen LogP contribution >= 0.6 is 0 Å². The normalized spacial score (nSPS) is 18.5. The fraction of sp³-hybridized carbons (Fsp3) is 0.135. The fourth-order valence-electron chi connectivity index (χ4n) is 7.64. The van der Waals surface area contributed by atoms with Crippen molar-refractivity contribution in [3.8, 4) is 16.9 Å². The van der Waals surface area contributed by atoms with Gasteiger partial charge in [0.2, 0.25) is 5.43 Å². The van der Waals surface area contributed by atoms with Crippen LogP contribution in [0.25, 0.3) is 17.2 Å². The molecule has 0 fully saturated rings. The minimum absolute atomic E-state index is 0.00304. The van der Waals surface area contributed by atoms with Crippen molar-refractivity contribution in [3.63, 3.8) is 0 Å². The van der Waals surface area contributed by atoms with Crippen molar-refractivity contribution in [1.29, 1.82) is 0 Å². The molecule has 45 heavy (non-hydrogen) atoms. The van der Waals surface area contributed by atoms with E-state index in [0.29, 0.717) is 23.1 Å². The van der Waals surface area contributed by atoms with Crippen LogP contribution in [-0.2, 0) is 25.1 Å². The highest BCUT2D eigenvalue weighted by Crippen LogP contribution is 2.57. The predicted molar refractivity (Wildman–Crippen MR) is 165 cm³/mol. The van der Waals surface area contributed by atoms with Crippen LogP contribution in [0.4, 0.5) is 8.78 Å². The zero-order valence-corrected chi connectivity index (χ0v) is 24.0. The summed E-state index contributed by atoms with van der Waals surface area (Å²) >= 11 is 0. The second-order valence-corrected chi connectivity index (χ2v) is 12.0. The fourth-order valence-corrected chi connectivity index (χ4v) is 7.64. The molecule has 2 aliphatic heterocycles. The number of carbonyl (C=O) groups is 1. The summed E-state index contributed by atoms with van der Waals surface area (Å²) in [6.45, 7) is 0.219. The number of fused-ring (bicyclic) bond motifs is 8. The second-order valence-electron chi connectivity index (χ2n) is 12.0. The lowest BCUT2D eigenvalue weighted by molar-refractivity contribution is 0.0649. The van der Waals surface area contributed by atoms with Gasteiger partial charge in [-0.3, -0.25) is 19.3 Å². The first-order chi connectivity index (χ1) is 21.9. The van der Waals surface area contributed by atoms with Crippen molar-refractivity contribution in [2.45, 2.75) is 25.1 Å². The van der Waals surface area contributed by atoms with Crippen LogP contribution in [0.1, 0.15) is 43.9 Å². The summed E-state index contributed by atoms with van der Waals surface area (Å²) in [5.41, 5.74) is 5.79. The van der Waals surface area contributed by atoms with Crippen molar-refractivity contribution < 1.29 is 18.3 Å².